The summed E-state index contributed by atoms with van der Waals surface area (Å²) in [6.45, 7) is 0.998. The average Bonchev–Trinajstić information content (AvgIpc) is 1.30. The van der Waals surface area contributed by atoms with E-state index in [9.17, 15) is 8.77 Å². The predicted molar refractivity (Wildman–Crippen MR) is 26.3 cm³/mol. The minimum Gasteiger partial charge on any atom is -0.328 e. The van der Waals surface area contributed by atoms with Crippen molar-refractivity contribution in [1.29, 1.82) is 0 Å². The molecule has 0 aliphatic carbocycles. The highest BCUT2D eigenvalue weighted by Gasteiger charge is 2.02. The van der Waals surface area contributed by atoms with E-state index in [0.29, 0.717) is 0 Å². The van der Waals surface area contributed by atoms with Gasteiger partial charge in [0.2, 0.25) is 11.5 Å². The van der Waals surface area contributed by atoms with Crippen LogP contribution in [0.25, 0.3) is 0 Å². The van der Waals surface area contributed by atoms with Crippen molar-refractivity contribution in [3.63, 3.8) is 0 Å². The van der Waals surface area contributed by atoms with E-state index in [4.69, 9.17) is 4.89 Å². The number of hydrogen-bond donors (Lipinski definition) is 1. The molecular formula is CH4NO3PS. The van der Waals surface area contributed by atoms with E-state index in [1.807, 2.05) is 0 Å². The molecule has 0 spiro atoms. The van der Waals surface area contributed by atoms with Crippen LogP contribution in [-0.2, 0) is 16.0 Å². The molecule has 0 saturated carbocycles. The normalized spacial score (nSPS) is 17.4. The van der Waals surface area contributed by atoms with E-state index in [0.717, 1.165) is 6.66 Å². The van der Waals surface area contributed by atoms with Crippen LogP contribution in [0.3, 0.4) is 0 Å². The Labute approximate surface area is 44.3 Å². The van der Waals surface area contributed by atoms with Gasteiger partial charge in [0.1, 0.15) is 0 Å². The maximum Gasteiger partial charge on any atom is 0.321 e. The monoisotopic (exact) mass is 141 g/mol. The van der Waals surface area contributed by atoms with Gasteiger partial charge in [0.25, 0.3) is 0 Å². The highest BCUT2D eigenvalue weighted by atomic mass is 32.1. The first-order valence-corrected chi connectivity index (χ1v) is 4.14. The Morgan fingerprint density at radius 1 is 1.86 bits per heavy atom. The second-order valence-electron chi connectivity index (χ2n) is 0.992. The van der Waals surface area contributed by atoms with Gasteiger partial charge in [-0.1, -0.05) is 0 Å². The van der Waals surface area contributed by atoms with Gasteiger partial charge in [-0.2, -0.15) is 4.21 Å². The first-order valence-electron chi connectivity index (χ1n) is 1.38. The van der Waals surface area contributed by atoms with Gasteiger partial charge in [0, 0.05) is 6.66 Å². The molecule has 0 bridgehead atoms. The van der Waals surface area contributed by atoms with Gasteiger partial charge in [-0.25, -0.2) is 0 Å². The van der Waals surface area contributed by atoms with Gasteiger partial charge in [-0.05, 0) is 0 Å². The zero-order valence-electron chi connectivity index (χ0n) is 3.57. The zero-order valence-corrected chi connectivity index (χ0v) is 5.28. The summed E-state index contributed by atoms with van der Waals surface area (Å²) >= 11 is -0.230. The molecule has 1 unspecified atom stereocenters. The molecule has 0 aliphatic heterocycles. The van der Waals surface area contributed by atoms with Crippen LogP contribution in [-0.4, -0.2) is 15.8 Å². The second-order valence-corrected chi connectivity index (χ2v) is 3.46. The molecule has 0 amide bonds. The Kier molecular flexibility index (Phi) is 2.35. The van der Waals surface area contributed by atoms with Gasteiger partial charge < -0.3 is 4.89 Å². The van der Waals surface area contributed by atoms with Crippen LogP contribution < -0.4 is 0 Å². The Morgan fingerprint density at radius 2 is 2.29 bits per heavy atom. The van der Waals surface area contributed by atoms with Crippen molar-refractivity contribution >= 4 is 19.0 Å². The summed E-state index contributed by atoms with van der Waals surface area (Å²) in [6, 6.07) is 0. The van der Waals surface area contributed by atoms with Gasteiger partial charge in [0.15, 0.2) is 0 Å². The molecule has 0 aromatic rings. The fourth-order valence-corrected chi connectivity index (χ4v) is 0.557. The van der Waals surface area contributed by atoms with Crippen LogP contribution in [0.5, 0.6) is 0 Å². The molecule has 4 nitrogen and oxygen atoms in total. The van der Waals surface area contributed by atoms with Crippen LogP contribution in [0.1, 0.15) is 0 Å². The average molecular weight is 141 g/mol. The van der Waals surface area contributed by atoms with Crippen LogP contribution in [0.4, 0.5) is 0 Å². The first-order chi connectivity index (χ1) is 3.06. The summed E-state index contributed by atoms with van der Waals surface area (Å²) in [6.07, 6.45) is 0. The lowest BCUT2D eigenvalue weighted by molar-refractivity contribution is 0.487. The molecule has 0 aliphatic rings. The summed E-state index contributed by atoms with van der Waals surface area (Å²) in [5, 5.41) is 0. The lowest BCUT2D eigenvalue weighted by Crippen LogP contribution is -1.63. The summed E-state index contributed by atoms with van der Waals surface area (Å²) in [4.78, 5) is 8.19. The number of nitrogens with zero attached hydrogens (tertiary/aromatic N) is 1. The minimum atomic E-state index is -3.39. The van der Waals surface area contributed by atoms with Crippen molar-refractivity contribution in [3.05, 3.63) is 0 Å². The van der Waals surface area contributed by atoms with Crippen LogP contribution in [0, 0.1) is 0 Å². The van der Waals surface area contributed by atoms with E-state index in [-0.39, 0.29) is 11.5 Å². The van der Waals surface area contributed by atoms with Gasteiger partial charge in [-0.3, -0.25) is 4.57 Å². The summed E-state index contributed by atoms with van der Waals surface area (Å²) in [5.74, 6) is 0. The smallest absolute Gasteiger partial charge is 0.321 e. The Balaban J connectivity index is 4.10. The SMILES string of the molecule is CP(=O)(O)N=S=O. The second kappa shape index (κ2) is 2.35. The molecule has 1 atom stereocenters. The van der Waals surface area contributed by atoms with Crippen molar-refractivity contribution in [2.45, 2.75) is 0 Å². The standard InChI is InChI=1S/CH4NO3PS/c1-6(3,4)2-7-5/h1H3,(H,3,4). The maximum absolute atomic E-state index is 9.98. The van der Waals surface area contributed by atoms with Crippen molar-refractivity contribution in [2.75, 3.05) is 6.66 Å². The van der Waals surface area contributed by atoms with Crippen molar-refractivity contribution in [2.24, 2.45) is 4.13 Å². The molecule has 0 aromatic heterocycles. The van der Waals surface area contributed by atoms with Gasteiger partial charge in [0.05, 0.1) is 0 Å². The highest BCUT2D eigenvalue weighted by molar-refractivity contribution is 7.67. The largest absolute Gasteiger partial charge is 0.328 e. The van der Waals surface area contributed by atoms with E-state index in [2.05, 4.69) is 4.13 Å². The van der Waals surface area contributed by atoms with Crippen molar-refractivity contribution in [3.8, 4) is 0 Å². The zero-order chi connectivity index (χ0) is 5.91. The fraction of sp³-hybridized carbons (Fsp3) is 1.00. The predicted octanol–water partition coefficient (Wildman–Crippen LogP) is 0.198. The van der Waals surface area contributed by atoms with Gasteiger partial charge >= 0.3 is 7.52 Å². The highest BCUT2D eigenvalue weighted by Crippen LogP contribution is 2.35. The third-order valence-corrected chi connectivity index (χ3v) is 1.66. The number of hydrogen-bond acceptors (Lipinski definition) is 2. The summed E-state index contributed by atoms with van der Waals surface area (Å²) < 4.78 is 22.1. The van der Waals surface area contributed by atoms with Gasteiger partial charge in [-0.15, -0.1) is 4.13 Å². The molecule has 0 saturated heterocycles. The molecule has 0 heterocycles. The quantitative estimate of drug-likeness (QED) is 0.530. The first kappa shape index (κ1) is 7.01. The molecule has 6 heteroatoms. The minimum absolute atomic E-state index is 0.230. The third kappa shape index (κ3) is 6.01. The lowest BCUT2D eigenvalue weighted by atomic mass is 12.0. The molecule has 0 radical (unpaired) electrons. The molecular weight excluding hydrogens is 137 g/mol. The summed E-state index contributed by atoms with van der Waals surface area (Å²) in [7, 11) is -3.39. The van der Waals surface area contributed by atoms with Crippen molar-refractivity contribution < 1.29 is 13.7 Å². The molecule has 0 aromatic carbocycles. The molecule has 0 fully saturated rings. The summed E-state index contributed by atoms with van der Waals surface area (Å²) in [5.41, 5.74) is 0. The lowest BCUT2D eigenvalue weighted by Gasteiger charge is -1.86. The van der Waals surface area contributed by atoms with E-state index < -0.39 is 7.52 Å². The fourth-order valence-electron chi connectivity index (χ4n) is 0.0618. The van der Waals surface area contributed by atoms with E-state index >= 15 is 0 Å². The third-order valence-electron chi connectivity index (χ3n) is 0.185. The molecule has 42 valence electrons. The van der Waals surface area contributed by atoms with Crippen LogP contribution in [0.2, 0.25) is 0 Å². The van der Waals surface area contributed by atoms with Crippen LogP contribution >= 0.6 is 7.52 Å². The molecule has 1 N–H and O–H groups in total. The van der Waals surface area contributed by atoms with E-state index in [1.165, 1.54) is 0 Å². The Bertz CT molecular complexity index is 143. The Hall–Kier alpha value is 0.01000. The number of rotatable bonds is 1. The topological polar surface area (TPSA) is 66.7 Å². The molecule has 7 heavy (non-hydrogen) atoms. The van der Waals surface area contributed by atoms with Crippen LogP contribution in [0.15, 0.2) is 4.13 Å². The maximum atomic E-state index is 9.98. The Morgan fingerprint density at radius 3 is 2.29 bits per heavy atom. The molecule has 0 rings (SSSR count). The van der Waals surface area contributed by atoms with Crippen molar-refractivity contribution in [1.82, 2.24) is 0 Å². The van der Waals surface area contributed by atoms with E-state index in [1.54, 1.807) is 0 Å².